The molecule has 11 N–H and O–H groups in total. The fourth-order valence-electron chi connectivity index (χ4n) is 7.19. The number of amides is 3. The lowest BCUT2D eigenvalue weighted by atomic mass is 9.76. The highest BCUT2D eigenvalue weighted by Gasteiger charge is 2.39. The van der Waals surface area contributed by atoms with Crippen LogP contribution in [-0.2, 0) is 32.1 Å². The van der Waals surface area contributed by atoms with Crippen LogP contribution in [0.5, 0.6) is 0 Å². The monoisotopic (exact) mass is 806 g/mol. The number of aliphatic carboxylic acids is 1. The molecule has 2 aliphatic rings. The van der Waals surface area contributed by atoms with Crippen molar-refractivity contribution < 1.29 is 37.5 Å². The van der Waals surface area contributed by atoms with Crippen LogP contribution in [0.25, 0.3) is 0 Å². The Kier molecular flexibility index (Phi) is 18.4. The van der Waals surface area contributed by atoms with Gasteiger partial charge in [-0.1, -0.05) is 92.6 Å². The third-order valence-electron chi connectivity index (χ3n) is 10.2. The molecule has 0 aliphatic heterocycles. The van der Waals surface area contributed by atoms with Crippen LogP contribution in [0.2, 0.25) is 5.02 Å². The highest BCUT2D eigenvalue weighted by molar-refractivity contribution is 6.31. The molecule has 2 unspecified atom stereocenters. The van der Waals surface area contributed by atoms with Gasteiger partial charge in [-0.25, -0.2) is 4.79 Å². The zero-order valence-electron chi connectivity index (χ0n) is 31.4. The van der Waals surface area contributed by atoms with Gasteiger partial charge >= 0.3 is 12.1 Å². The summed E-state index contributed by atoms with van der Waals surface area (Å²) in [5.41, 5.74) is 19.1. The maximum atomic E-state index is 14.3. The Hall–Kier alpha value is -4.86. The number of halogens is 4. The van der Waals surface area contributed by atoms with Gasteiger partial charge in [0.2, 0.25) is 17.7 Å². The fourth-order valence-corrected chi connectivity index (χ4v) is 7.39. The molecule has 2 aromatic carbocycles. The largest absolute Gasteiger partial charge is 0.490 e. The highest BCUT2D eigenvalue weighted by Crippen LogP contribution is 2.33. The van der Waals surface area contributed by atoms with Gasteiger partial charge in [-0.15, -0.1) is 0 Å². The van der Waals surface area contributed by atoms with Gasteiger partial charge in [0.05, 0.1) is 0 Å². The molecule has 0 aromatic heterocycles. The number of rotatable bonds is 16. The van der Waals surface area contributed by atoms with Crippen molar-refractivity contribution >= 4 is 47.1 Å². The van der Waals surface area contributed by atoms with Gasteiger partial charge < -0.3 is 38.3 Å². The van der Waals surface area contributed by atoms with Gasteiger partial charge in [0.1, 0.15) is 17.9 Å². The fraction of sp³-hybridized carbons (Fsp3) is 0.538. The molecule has 3 atom stereocenters. The first-order valence-electron chi connectivity index (χ1n) is 19.0. The quantitative estimate of drug-likeness (QED) is 0.0657. The van der Waals surface area contributed by atoms with Gasteiger partial charge in [0, 0.05) is 29.6 Å². The van der Waals surface area contributed by atoms with Crippen molar-refractivity contribution in [2.45, 2.75) is 108 Å². The normalized spacial score (nSPS) is 16.5. The SMILES string of the molecule is N=C(N)c1ccc(CC(C(=O)NC(C(=O)N[C@@H](CCCN=C(N)N)C(=O)NCc2ccccc2Cl)C2CCCCC2)C2CCCCC2)cc1.O=C(O)C(F)(F)F. The third-order valence-corrected chi connectivity index (χ3v) is 10.6. The number of carbonyl (C=O) groups excluding carboxylic acids is 3. The van der Waals surface area contributed by atoms with E-state index in [-0.39, 0.29) is 53.8 Å². The molecule has 2 aliphatic carbocycles. The summed E-state index contributed by atoms with van der Waals surface area (Å²) in [4.78, 5) is 54.9. The average molecular weight is 807 g/mol. The second kappa shape index (κ2) is 22.6. The zero-order chi connectivity index (χ0) is 41.3. The molecule has 2 saturated carbocycles. The van der Waals surface area contributed by atoms with Gasteiger partial charge in [0.15, 0.2) is 5.96 Å². The van der Waals surface area contributed by atoms with Crippen LogP contribution in [0.4, 0.5) is 13.2 Å². The minimum absolute atomic E-state index is 0.00143. The number of aliphatic imine (C=N–C) groups is 1. The Morgan fingerprint density at radius 1 is 0.839 bits per heavy atom. The van der Waals surface area contributed by atoms with E-state index in [2.05, 4.69) is 20.9 Å². The van der Waals surface area contributed by atoms with Crippen molar-refractivity contribution in [3.8, 4) is 0 Å². The van der Waals surface area contributed by atoms with E-state index in [1.54, 1.807) is 6.07 Å². The second-order valence-electron chi connectivity index (χ2n) is 14.3. The van der Waals surface area contributed by atoms with Crippen LogP contribution in [0.3, 0.4) is 0 Å². The predicted molar refractivity (Wildman–Crippen MR) is 209 cm³/mol. The summed E-state index contributed by atoms with van der Waals surface area (Å²) in [7, 11) is 0. The number of amidine groups is 1. The molecule has 0 saturated heterocycles. The van der Waals surface area contributed by atoms with Crippen LogP contribution in [0.1, 0.15) is 93.7 Å². The number of guanidine groups is 1. The van der Waals surface area contributed by atoms with E-state index in [1.165, 1.54) is 0 Å². The van der Waals surface area contributed by atoms with Crippen molar-refractivity contribution in [3.63, 3.8) is 0 Å². The van der Waals surface area contributed by atoms with Gasteiger partial charge in [0.25, 0.3) is 0 Å². The third kappa shape index (κ3) is 15.3. The minimum atomic E-state index is -5.08. The molecule has 3 amide bonds. The van der Waals surface area contributed by atoms with Crippen LogP contribution in [0, 0.1) is 23.2 Å². The molecular weight excluding hydrogens is 753 g/mol. The number of hydrogen-bond acceptors (Lipinski definition) is 6. The standard InChI is InChI=1S/C37H53ClN8O3.C2HF3O2/c38-30-15-8-7-14-28(30)23-44-35(48)31(16-9-21-43-37(41)42)45-36(49)32(26-12-5-2-6-13-26)46-34(47)29(25-10-3-1-4-11-25)22-24-17-19-27(20-18-24)33(39)40;3-2(4,5)1(6)7/h7-8,14-15,17-20,25-26,29,31-32H,1-6,9-13,16,21-23H2,(H3,39,40)(H,44,48)(H,45,49)(H,46,47)(H4,41,42,43);(H,6,7)/t29?,31-,32?;/m0./s1. The number of benzene rings is 2. The highest BCUT2D eigenvalue weighted by atomic mass is 35.5. The lowest BCUT2D eigenvalue weighted by Gasteiger charge is -2.34. The minimum Gasteiger partial charge on any atom is -0.475 e. The summed E-state index contributed by atoms with van der Waals surface area (Å²) in [6, 6.07) is 13.1. The Balaban J connectivity index is 0.00000109. The van der Waals surface area contributed by atoms with Gasteiger partial charge in [-0.3, -0.25) is 24.8 Å². The van der Waals surface area contributed by atoms with Crippen LogP contribution < -0.4 is 33.2 Å². The Morgan fingerprint density at radius 2 is 1.41 bits per heavy atom. The van der Waals surface area contributed by atoms with E-state index >= 15 is 0 Å². The molecule has 308 valence electrons. The first-order valence-corrected chi connectivity index (χ1v) is 19.3. The summed E-state index contributed by atoms with van der Waals surface area (Å²) in [6.45, 7) is 0.518. The summed E-state index contributed by atoms with van der Waals surface area (Å²) in [5, 5.41) is 24.5. The number of nitrogens with zero attached hydrogens (tertiary/aromatic N) is 1. The predicted octanol–water partition coefficient (Wildman–Crippen LogP) is 4.92. The number of alkyl halides is 3. The molecule has 2 aromatic rings. The van der Waals surface area contributed by atoms with Crippen LogP contribution >= 0.6 is 11.6 Å². The molecule has 56 heavy (non-hydrogen) atoms. The first-order chi connectivity index (χ1) is 26.6. The van der Waals surface area contributed by atoms with E-state index in [1.807, 2.05) is 42.5 Å². The molecule has 0 heterocycles. The molecule has 4 rings (SSSR count). The van der Waals surface area contributed by atoms with E-state index < -0.39 is 24.2 Å². The summed E-state index contributed by atoms with van der Waals surface area (Å²) >= 11 is 6.32. The molecule has 0 radical (unpaired) electrons. The number of nitrogen functional groups attached to an aromatic ring is 1. The Labute approximate surface area is 330 Å². The topological polar surface area (TPSA) is 239 Å². The summed E-state index contributed by atoms with van der Waals surface area (Å²) in [6.07, 6.45) is 6.19. The second-order valence-corrected chi connectivity index (χ2v) is 14.7. The zero-order valence-corrected chi connectivity index (χ0v) is 32.1. The Morgan fingerprint density at radius 3 is 1.95 bits per heavy atom. The van der Waals surface area contributed by atoms with Crippen molar-refractivity contribution in [1.82, 2.24) is 16.0 Å². The molecule has 17 heteroatoms. The van der Waals surface area contributed by atoms with E-state index in [4.69, 9.17) is 44.1 Å². The summed E-state index contributed by atoms with van der Waals surface area (Å²) in [5.74, 6) is -3.75. The van der Waals surface area contributed by atoms with Crippen molar-refractivity contribution in [2.24, 2.45) is 39.9 Å². The van der Waals surface area contributed by atoms with Crippen molar-refractivity contribution in [3.05, 3.63) is 70.2 Å². The molecule has 13 nitrogen and oxygen atoms in total. The molecule has 2 fully saturated rings. The van der Waals surface area contributed by atoms with Crippen molar-refractivity contribution in [1.29, 1.82) is 5.41 Å². The first kappa shape index (κ1) is 45.5. The van der Waals surface area contributed by atoms with Crippen molar-refractivity contribution in [2.75, 3.05) is 6.54 Å². The number of carboxylic acids is 1. The molecule has 0 spiro atoms. The lowest BCUT2D eigenvalue weighted by Crippen LogP contribution is -2.57. The maximum absolute atomic E-state index is 14.3. The van der Waals surface area contributed by atoms with E-state index in [0.29, 0.717) is 36.4 Å². The molecular formula is C39H54ClF3N8O5. The number of carboxylic acid groups (broad SMARTS) is 1. The number of nitrogens with one attached hydrogen (secondary N) is 4. The van der Waals surface area contributed by atoms with E-state index in [0.717, 1.165) is 75.3 Å². The van der Waals surface area contributed by atoms with Crippen LogP contribution in [-0.4, -0.2) is 65.4 Å². The maximum Gasteiger partial charge on any atom is 0.490 e. The van der Waals surface area contributed by atoms with Crippen LogP contribution in [0.15, 0.2) is 53.5 Å². The number of nitrogens with two attached hydrogens (primary N) is 3. The summed E-state index contributed by atoms with van der Waals surface area (Å²) < 4.78 is 31.7. The lowest BCUT2D eigenvalue weighted by molar-refractivity contribution is -0.192. The van der Waals surface area contributed by atoms with Gasteiger partial charge in [-0.2, -0.15) is 13.2 Å². The number of carbonyl (C=O) groups is 4. The smallest absolute Gasteiger partial charge is 0.475 e. The van der Waals surface area contributed by atoms with Gasteiger partial charge in [-0.05, 0) is 74.0 Å². The number of hydrogen-bond donors (Lipinski definition) is 8. The average Bonchev–Trinajstić information content (AvgIpc) is 3.17. The van der Waals surface area contributed by atoms with E-state index in [9.17, 15) is 27.6 Å². The Bertz CT molecular complexity index is 1640. The molecule has 0 bridgehead atoms.